The Morgan fingerprint density at radius 2 is 1.59 bits per heavy atom. The van der Waals surface area contributed by atoms with Crippen LogP contribution in [0.15, 0.2) is 71.1 Å². The van der Waals surface area contributed by atoms with Crippen LogP contribution in [0.3, 0.4) is 0 Å². The standard InChI is InChI=1S/C24H27NO3S/c1-18-12-14-22(15-13-18)29(27,28)25-17-21(24(26)20-10-6-3-7-11-20)16-23(25)19-8-4-2-5-9-19/h3,6-7,10-16,19,23H,2,4-5,8-9,17H2,1H3. The second-order valence-electron chi connectivity index (χ2n) is 8.14. The van der Waals surface area contributed by atoms with E-state index in [0.29, 0.717) is 16.0 Å². The van der Waals surface area contributed by atoms with Gasteiger partial charge in [0.2, 0.25) is 10.0 Å². The molecule has 1 heterocycles. The molecule has 0 amide bonds. The summed E-state index contributed by atoms with van der Waals surface area (Å²) >= 11 is 0. The van der Waals surface area contributed by atoms with E-state index in [2.05, 4.69) is 0 Å². The molecule has 1 aliphatic carbocycles. The SMILES string of the molecule is Cc1ccc(S(=O)(=O)N2CC(C(=O)c3ccccc3)=CC2C2CCCCC2)cc1. The van der Waals surface area contributed by atoms with Gasteiger partial charge >= 0.3 is 0 Å². The van der Waals surface area contributed by atoms with E-state index < -0.39 is 10.0 Å². The Morgan fingerprint density at radius 1 is 0.931 bits per heavy atom. The summed E-state index contributed by atoms with van der Waals surface area (Å²) < 4.78 is 28.5. The molecular formula is C24H27NO3S. The monoisotopic (exact) mass is 409 g/mol. The lowest BCUT2D eigenvalue weighted by molar-refractivity contribution is 0.103. The number of aryl methyl sites for hydroxylation is 1. The van der Waals surface area contributed by atoms with Gasteiger partial charge in [0.05, 0.1) is 4.90 Å². The van der Waals surface area contributed by atoms with E-state index in [4.69, 9.17) is 0 Å². The Hall–Kier alpha value is -2.24. The predicted molar refractivity (Wildman–Crippen MR) is 114 cm³/mol. The number of rotatable bonds is 5. The minimum atomic E-state index is -3.67. The smallest absolute Gasteiger partial charge is 0.243 e. The predicted octanol–water partition coefficient (Wildman–Crippen LogP) is 4.76. The molecule has 0 aromatic heterocycles. The lowest BCUT2D eigenvalue weighted by atomic mass is 9.84. The first kappa shape index (κ1) is 20.0. The molecule has 4 rings (SSSR count). The van der Waals surface area contributed by atoms with Gasteiger partial charge in [-0.2, -0.15) is 4.31 Å². The topological polar surface area (TPSA) is 54.5 Å². The van der Waals surface area contributed by atoms with Crippen LogP contribution in [-0.2, 0) is 10.0 Å². The van der Waals surface area contributed by atoms with Crippen LogP contribution < -0.4 is 0 Å². The van der Waals surface area contributed by atoms with Crippen LogP contribution in [0.1, 0.15) is 48.0 Å². The molecule has 0 saturated heterocycles. The molecule has 0 spiro atoms. The molecular weight excluding hydrogens is 382 g/mol. The average molecular weight is 410 g/mol. The fourth-order valence-electron chi connectivity index (χ4n) is 4.48. The molecule has 2 aliphatic rings. The van der Waals surface area contributed by atoms with Gasteiger partial charge in [0, 0.05) is 23.7 Å². The minimum Gasteiger partial charge on any atom is -0.289 e. The number of sulfonamides is 1. The van der Waals surface area contributed by atoms with Crippen molar-refractivity contribution in [2.75, 3.05) is 6.54 Å². The van der Waals surface area contributed by atoms with Gasteiger partial charge in [0.1, 0.15) is 0 Å². The van der Waals surface area contributed by atoms with Gasteiger partial charge in [-0.1, -0.05) is 73.4 Å². The largest absolute Gasteiger partial charge is 0.289 e. The summed E-state index contributed by atoms with van der Waals surface area (Å²) in [4.78, 5) is 13.3. The molecule has 5 heteroatoms. The first-order valence-corrected chi connectivity index (χ1v) is 11.8. The number of hydrogen-bond donors (Lipinski definition) is 0. The molecule has 1 unspecified atom stereocenters. The highest BCUT2D eigenvalue weighted by atomic mass is 32.2. The van der Waals surface area contributed by atoms with Crippen molar-refractivity contribution in [1.82, 2.24) is 4.31 Å². The second-order valence-corrected chi connectivity index (χ2v) is 10.0. The molecule has 1 atom stereocenters. The molecule has 2 aromatic rings. The maximum atomic E-state index is 13.5. The third-order valence-corrected chi connectivity index (χ3v) is 7.98. The number of Topliss-reactive ketones (excluding diaryl/α,β-unsaturated/α-hetero) is 1. The van der Waals surface area contributed by atoms with E-state index in [0.717, 1.165) is 31.2 Å². The van der Waals surface area contributed by atoms with Gasteiger partial charge in [-0.3, -0.25) is 4.79 Å². The summed E-state index contributed by atoms with van der Waals surface area (Å²) in [7, 11) is -3.67. The molecule has 0 radical (unpaired) electrons. The zero-order valence-corrected chi connectivity index (χ0v) is 17.6. The average Bonchev–Trinajstić information content (AvgIpc) is 3.21. The highest BCUT2D eigenvalue weighted by molar-refractivity contribution is 7.89. The zero-order chi connectivity index (χ0) is 20.4. The molecule has 1 saturated carbocycles. The lowest BCUT2D eigenvalue weighted by Gasteiger charge is -2.33. The molecule has 29 heavy (non-hydrogen) atoms. The number of nitrogens with zero attached hydrogens (tertiary/aromatic N) is 1. The van der Waals surface area contributed by atoms with Crippen molar-refractivity contribution in [2.45, 2.75) is 50.0 Å². The van der Waals surface area contributed by atoms with Crippen molar-refractivity contribution in [3.05, 3.63) is 77.4 Å². The summed E-state index contributed by atoms with van der Waals surface area (Å²) in [5.41, 5.74) is 2.21. The minimum absolute atomic E-state index is 0.0759. The van der Waals surface area contributed by atoms with E-state index >= 15 is 0 Å². The van der Waals surface area contributed by atoms with Crippen molar-refractivity contribution in [1.29, 1.82) is 0 Å². The van der Waals surface area contributed by atoms with Gasteiger partial charge in [-0.05, 0) is 37.8 Å². The number of hydrogen-bond acceptors (Lipinski definition) is 3. The van der Waals surface area contributed by atoms with Crippen LogP contribution in [0.5, 0.6) is 0 Å². The van der Waals surface area contributed by atoms with Gasteiger partial charge in [0.15, 0.2) is 5.78 Å². The number of ketones is 1. The quantitative estimate of drug-likeness (QED) is 0.669. The molecule has 1 fully saturated rings. The summed E-state index contributed by atoms with van der Waals surface area (Å²) in [6, 6.07) is 15.8. The Morgan fingerprint density at radius 3 is 2.24 bits per heavy atom. The summed E-state index contributed by atoms with van der Waals surface area (Å²) in [6.45, 7) is 2.08. The summed E-state index contributed by atoms with van der Waals surface area (Å²) in [5, 5.41) is 0. The molecule has 4 nitrogen and oxygen atoms in total. The van der Waals surface area contributed by atoms with Crippen molar-refractivity contribution < 1.29 is 13.2 Å². The third-order valence-electron chi connectivity index (χ3n) is 6.12. The van der Waals surface area contributed by atoms with Gasteiger partial charge < -0.3 is 0 Å². The molecule has 0 N–H and O–H groups in total. The van der Waals surface area contributed by atoms with Crippen LogP contribution in [0, 0.1) is 12.8 Å². The fourth-order valence-corrected chi connectivity index (χ4v) is 6.09. The summed E-state index contributed by atoms with van der Waals surface area (Å²) in [6.07, 6.45) is 7.39. The van der Waals surface area contributed by atoms with Crippen LogP contribution in [0.25, 0.3) is 0 Å². The van der Waals surface area contributed by atoms with E-state index in [1.165, 1.54) is 6.42 Å². The highest BCUT2D eigenvalue weighted by Crippen LogP contribution is 2.37. The normalized spacial score (nSPS) is 21.1. The van der Waals surface area contributed by atoms with E-state index in [-0.39, 0.29) is 24.3 Å². The van der Waals surface area contributed by atoms with Crippen molar-refractivity contribution in [2.24, 2.45) is 5.92 Å². The van der Waals surface area contributed by atoms with E-state index in [1.54, 1.807) is 28.6 Å². The molecule has 2 aromatic carbocycles. The van der Waals surface area contributed by atoms with Crippen molar-refractivity contribution >= 4 is 15.8 Å². The van der Waals surface area contributed by atoms with Crippen LogP contribution in [-0.4, -0.2) is 31.1 Å². The van der Waals surface area contributed by atoms with Gasteiger partial charge in [-0.15, -0.1) is 0 Å². The van der Waals surface area contributed by atoms with Crippen molar-refractivity contribution in [3.63, 3.8) is 0 Å². The van der Waals surface area contributed by atoms with E-state index in [1.807, 2.05) is 43.3 Å². The Balaban J connectivity index is 1.68. The summed E-state index contributed by atoms with van der Waals surface area (Å²) in [5.74, 6) is 0.193. The van der Waals surface area contributed by atoms with Crippen LogP contribution in [0.4, 0.5) is 0 Å². The Bertz CT molecular complexity index is 1000. The fraction of sp³-hybridized carbons (Fsp3) is 0.375. The molecule has 152 valence electrons. The lowest BCUT2D eigenvalue weighted by Crippen LogP contribution is -2.41. The van der Waals surface area contributed by atoms with Crippen LogP contribution in [0.2, 0.25) is 0 Å². The van der Waals surface area contributed by atoms with Crippen molar-refractivity contribution in [3.8, 4) is 0 Å². The maximum Gasteiger partial charge on any atom is 0.243 e. The highest BCUT2D eigenvalue weighted by Gasteiger charge is 2.41. The maximum absolute atomic E-state index is 13.5. The van der Waals surface area contributed by atoms with Gasteiger partial charge in [0.25, 0.3) is 0 Å². The van der Waals surface area contributed by atoms with Gasteiger partial charge in [-0.25, -0.2) is 8.42 Å². The Kier molecular flexibility index (Phi) is 5.70. The molecule has 0 bridgehead atoms. The first-order chi connectivity index (χ1) is 14.0. The van der Waals surface area contributed by atoms with E-state index in [9.17, 15) is 13.2 Å². The number of benzene rings is 2. The zero-order valence-electron chi connectivity index (χ0n) is 16.8. The molecule has 1 aliphatic heterocycles. The number of carbonyl (C=O) groups excluding carboxylic acids is 1. The Labute approximate surface area is 173 Å². The van der Waals surface area contributed by atoms with Crippen LogP contribution >= 0.6 is 0 Å². The number of carbonyl (C=O) groups is 1. The first-order valence-electron chi connectivity index (χ1n) is 10.4. The third kappa shape index (κ3) is 4.07. The second kappa shape index (κ2) is 8.25.